The van der Waals surface area contributed by atoms with Crippen molar-refractivity contribution in [2.75, 3.05) is 6.61 Å². The van der Waals surface area contributed by atoms with E-state index in [1.807, 2.05) is 0 Å². The van der Waals surface area contributed by atoms with Crippen molar-refractivity contribution in [2.45, 2.75) is 56.8 Å². The van der Waals surface area contributed by atoms with E-state index >= 15 is 0 Å². The van der Waals surface area contributed by atoms with E-state index in [2.05, 4.69) is 10.3 Å². The highest BCUT2D eigenvalue weighted by atomic mass is 16.6. The molecule has 0 spiro atoms. The third kappa shape index (κ3) is 6.58. The molecule has 0 fully saturated rings. The van der Waals surface area contributed by atoms with Crippen molar-refractivity contribution in [1.29, 1.82) is 0 Å². The topological polar surface area (TPSA) is 210 Å². The molecule has 0 radical (unpaired) electrons. The van der Waals surface area contributed by atoms with Gasteiger partial charge in [-0.3, -0.25) is 0 Å². The zero-order valence-electron chi connectivity index (χ0n) is 15.2. The minimum Gasteiger partial charge on any atom is -0.478 e. The van der Waals surface area contributed by atoms with Gasteiger partial charge >= 0.3 is 12.1 Å². The lowest BCUT2D eigenvalue weighted by atomic mass is 9.92. The average molecular weight is 390 g/mol. The number of rotatable bonds is 6. The second-order valence-electron chi connectivity index (χ2n) is 6.88. The summed E-state index contributed by atoms with van der Waals surface area (Å²) in [6.07, 6.45) is -4.81. The summed E-state index contributed by atoms with van der Waals surface area (Å²) in [4.78, 5) is 27.3. The van der Waals surface area contributed by atoms with Crippen molar-refractivity contribution in [1.82, 2.24) is 5.32 Å². The molecule has 0 bridgehead atoms. The SMILES string of the molecule is CC(C)(C)OC(=O)N[C@H]1[C@H]([C@H](O)[C@H](O)CO)OC(C(=O)O)=C[C@@H]1N=C(N)N. The number of carboxylic acid groups (broad SMARTS) is 1. The van der Waals surface area contributed by atoms with E-state index in [0.717, 1.165) is 6.08 Å². The molecule has 0 unspecified atom stereocenters. The Morgan fingerprint density at radius 1 is 1.37 bits per heavy atom. The monoisotopic (exact) mass is 390 g/mol. The number of carboxylic acids is 1. The Morgan fingerprint density at radius 3 is 2.41 bits per heavy atom. The number of aliphatic hydroxyl groups is 3. The first-order valence-electron chi connectivity index (χ1n) is 8.02. The van der Waals surface area contributed by atoms with Crippen LogP contribution in [0, 0.1) is 0 Å². The van der Waals surface area contributed by atoms with Crippen LogP contribution in [-0.2, 0) is 14.3 Å². The number of hydrogen-bond donors (Lipinski definition) is 7. The van der Waals surface area contributed by atoms with Gasteiger partial charge in [0.25, 0.3) is 0 Å². The zero-order valence-corrected chi connectivity index (χ0v) is 15.2. The molecule has 9 N–H and O–H groups in total. The first kappa shape index (κ1) is 22.5. The quantitative estimate of drug-likeness (QED) is 0.189. The molecule has 1 aliphatic heterocycles. The first-order chi connectivity index (χ1) is 12.4. The molecule has 0 saturated heterocycles. The molecule has 1 amide bonds. The lowest BCUT2D eigenvalue weighted by Crippen LogP contribution is -2.60. The molecule has 0 saturated carbocycles. The number of aliphatic imine (C=N–C) groups is 1. The van der Waals surface area contributed by atoms with Gasteiger partial charge in [0.1, 0.15) is 17.8 Å². The molecule has 27 heavy (non-hydrogen) atoms. The van der Waals surface area contributed by atoms with Gasteiger partial charge in [0.05, 0.1) is 18.7 Å². The largest absolute Gasteiger partial charge is 0.478 e. The smallest absolute Gasteiger partial charge is 0.408 e. The molecule has 0 aromatic heterocycles. The summed E-state index contributed by atoms with van der Waals surface area (Å²) in [6, 6.07) is -2.35. The van der Waals surface area contributed by atoms with Gasteiger partial charge < -0.3 is 46.7 Å². The van der Waals surface area contributed by atoms with Crippen molar-refractivity contribution >= 4 is 18.0 Å². The number of aliphatic hydroxyl groups excluding tert-OH is 3. The van der Waals surface area contributed by atoms with Crippen molar-refractivity contribution in [3.63, 3.8) is 0 Å². The Balaban J connectivity index is 3.29. The van der Waals surface area contributed by atoms with Crippen LogP contribution in [0.1, 0.15) is 20.8 Å². The number of nitrogens with zero attached hydrogens (tertiary/aromatic N) is 1. The summed E-state index contributed by atoms with van der Waals surface area (Å²) >= 11 is 0. The molecule has 154 valence electrons. The number of ether oxygens (including phenoxy) is 2. The maximum Gasteiger partial charge on any atom is 0.408 e. The molecule has 12 heteroatoms. The molecule has 1 aliphatic rings. The minimum absolute atomic E-state index is 0.408. The van der Waals surface area contributed by atoms with Gasteiger partial charge in [-0.15, -0.1) is 0 Å². The lowest BCUT2D eigenvalue weighted by molar-refractivity contribution is -0.145. The Morgan fingerprint density at radius 2 is 1.96 bits per heavy atom. The number of carbonyl (C=O) groups excluding carboxylic acids is 1. The van der Waals surface area contributed by atoms with Gasteiger partial charge in [0, 0.05) is 0 Å². The van der Waals surface area contributed by atoms with E-state index < -0.39 is 66.4 Å². The molecule has 1 rings (SSSR count). The van der Waals surface area contributed by atoms with E-state index in [4.69, 9.17) is 26.0 Å². The van der Waals surface area contributed by atoms with Gasteiger partial charge in [-0.05, 0) is 26.8 Å². The second-order valence-corrected chi connectivity index (χ2v) is 6.88. The minimum atomic E-state index is -1.77. The summed E-state index contributed by atoms with van der Waals surface area (Å²) in [5.41, 5.74) is 9.88. The van der Waals surface area contributed by atoms with E-state index in [0.29, 0.717) is 0 Å². The number of aliphatic carboxylic acids is 1. The number of guanidine groups is 1. The maximum atomic E-state index is 12.2. The van der Waals surface area contributed by atoms with Crippen LogP contribution >= 0.6 is 0 Å². The van der Waals surface area contributed by atoms with Crippen molar-refractivity contribution in [3.8, 4) is 0 Å². The fourth-order valence-corrected chi connectivity index (χ4v) is 2.34. The number of nitrogens with two attached hydrogens (primary N) is 2. The number of hydrogen-bond acceptors (Lipinski definition) is 8. The fourth-order valence-electron chi connectivity index (χ4n) is 2.34. The Labute approximate surface area is 155 Å². The van der Waals surface area contributed by atoms with Gasteiger partial charge in [-0.2, -0.15) is 0 Å². The van der Waals surface area contributed by atoms with E-state index in [9.17, 15) is 24.9 Å². The second kappa shape index (κ2) is 8.88. The zero-order chi connectivity index (χ0) is 20.9. The van der Waals surface area contributed by atoms with E-state index in [1.54, 1.807) is 20.8 Å². The van der Waals surface area contributed by atoms with Crippen LogP contribution in [0.2, 0.25) is 0 Å². The van der Waals surface area contributed by atoms with Crippen LogP contribution in [-0.4, -0.2) is 81.1 Å². The third-order valence-electron chi connectivity index (χ3n) is 3.42. The predicted octanol–water partition coefficient (Wildman–Crippen LogP) is -2.40. The first-order valence-corrected chi connectivity index (χ1v) is 8.02. The van der Waals surface area contributed by atoms with Gasteiger partial charge in [-0.25, -0.2) is 14.6 Å². The molecule has 0 aliphatic carbocycles. The normalized spacial score (nSPS) is 24.7. The number of amides is 1. The molecule has 0 aromatic carbocycles. The van der Waals surface area contributed by atoms with Crippen LogP contribution < -0.4 is 16.8 Å². The summed E-state index contributed by atoms with van der Waals surface area (Å²) in [6.45, 7) is 4.05. The van der Waals surface area contributed by atoms with E-state index in [1.165, 1.54) is 0 Å². The van der Waals surface area contributed by atoms with Gasteiger partial charge in [0.2, 0.25) is 5.76 Å². The molecule has 5 atom stereocenters. The number of nitrogens with one attached hydrogen (secondary N) is 1. The highest BCUT2D eigenvalue weighted by molar-refractivity contribution is 5.85. The van der Waals surface area contributed by atoms with Crippen molar-refractivity contribution in [2.24, 2.45) is 16.5 Å². The number of carbonyl (C=O) groups is 2. The van der Waals surface area contributed by atoms with Crippen molar-refractivity contribution in [3.05, 3.63) is 11.8 Å². The summed E-state index contributed by atoms with van der Waals surface area (Å²) in [7, 11) is 0. The highest BCUT2D eigenvalue weighted by Crippen LogP contribution is 2.25. The molecular formula is C15H26N4O8. The molecule has 0 aromatic rings. The Kier molecular flexibility index (Phi) is 7.39. The summed E-state index contributed by atoms with van der Waals surface area (Å²) in [5, 5.41) is 40.7. The van der Waals surface area contributed by atoms with Crippen LogP contribution in [0.3, 0.4) is 0 Å². The van der Waals surface area contributed by atoms with Crippen LogP contribution in [0.15, 0.2) is 16.8 Å². The van der Waals surface area contributed by atoms with Crippen LogP contribution in [0.5, 0.6) is 0 Å². The fraction of sp³-hybridized carbons (Fsp3) is 0.667. The highest BCUT2D eigenvalue weighted by Gasteiger charge is 2.44. The van der Waals surface area contributed by atoms with Crippen molar-refractivity contribution < 1.29 is 39.5 Å². The van der Waals surface area contributed by atoms with Crippen LogP contribution in [0.4, 0.5) is 4.79 Å². The predicted molar refractivity (Wildman–Crippen MR) is 92.4 cm³/mol. The Hall–Kier alpha value is -2.57. The lowest BCUT2D eigenvalue weighted by Gasteiger charge is -2.38. The Bertz CT molecular complexity index is 611. The summed E-state index contributed by atoms with van der Waals surface area (Å²) in [5.74, 6) is -2.48. The third-order valence-corrected chi connectivity index (χ3v) is 3.42. The van der Waals surface area contributed by atoms with Gasteiger partial charge in [-0.1, -0.05) is 0 Å². The molecular weight excluding hydrogens is 364 g/mol. The van der Waals surface area contributed by atoms with E-state index in [-0.39, 0.29) is 0 Å². The number of alkyl carbamates (subject to hydrolysis) is 1. The standard InChI is InChI=1S/C15H26N4O8/c1-15(2,3)27-14(25)19-9-6(18-13(16)17)4-8(12(23)24)26-11(9)10(22)7(21)5-20/h4,6-7,9-11,20-22H,5H2,1-3H3,(H,19,25)(H,23,24)(H4,16,17,18)/t6-,7+,9+,10+,11+/m0/s1. The molecule has 12 nitrogen and oxygen atoms in total. The molecule has 1 heterocycles. The summed E-state index contributed by atoms with van der Waals surface area (Å²) < 4.78 is 10.3. The van der Waals surface area contributed by atoms with Gasteiger partial charge in [0.15, 0.2) is 12.1 Å². The van der Waals surface area contributed by atoms with Crippen LogP contribution in [0.25, 0.3) is 0 Å². The maximum absolute atomic E-state index is 12.2. The average Bonchev–Trinajstić information content (AvgIpc) is 2.52.